The molecule has 3 aromatic heterocycles. The van der Waals surface area contributed by atoms with Crippen LogP contribution >= 0.6 is 0 Å². The van der Waals surface area contributed by atoms with Crippen LogP contribution in [-0.4, -0.2) is 14.1 Å². The van der Waals surface area contributed by atoms with Crippen LogP contribution in [0.15, 0.2) is 182 Å². The van der Waals surface area contributed by atoms with E-state index in [1.807, 2.05) is 12.3 Å². The number of nitrogens with zero attached hydrogens (tertiary/aromatic N) is 4. The minimum absolute atomic E-state index is 0. The summed E-state index contributed by atoms with van der Waals surface area (Å²) in [6.07, 6.45) is 7.90. The Kier molecular flexibility index (Phi) is 12.7. The first-order chi connectivity index (χ1) is 32.9. The molecule has 6 heteroatoms. The molecule has 3 heterocycles. The fraction of sp³-hybridized carbons (Fsp3) is 0.219. The average molecular weight is 1100 g/mol. The summed E-state index contributed by atoms with van der Waals surface area (Å²) in [6.45, 7) is 22.6. The van der Waals surface area contributed by atoms with Crippen LogP contribution < -0.4 is 9.30 Å². The molecule has 0 N–H and O–H groups in total. The molecular formula is C64H60N4OPt-2. The summed E-state index contributed by atoms with van der Waals surface area (Å²) in [7, 11) is 0. The van der Waals surface area contributed by atoms with Crippen LogP contribution in [0, 0.1) is 18.5 Å². The van der Waals surface area contributed by atoms with Crippen molar-refractivity contribution in [2.45, 2.75) is 90.9 Å². The van der Waals surface area contributed by atoms with Gasteiger partial charge in [-0.2, -0.15) is 12.1 Å². The maximum atomic E-state index is 7.01. The number of imidazole rings is 1. The van der Waals surface area contributed by atoms with Crippen molar-refractivity contribution in [2.75, 3.05) is 0 Å². The standard InChI is InChI=1S/C64H60N4O.Pt/c1-61(2,3)48-33-34-65-60(39-48)68-57-32-29-45(44-21-14-11-15-22-44)35-56(57)55-31-30-53(41-58(55)68)69-54-38-50(64(9,10)47-25-18-13-19-26-47)37-52(40-54)67-43-66(42-59(67)62(4,5)6)51-28-20-27-49(36-51)63(7,8)46-23-16-12-17-24-46;/h11-39,42H,1-10H3;/q-2;. The monoisotopic (exact) mass is 1100 g/mol. The van der Waals surface area contributed by atoms with Crippen LogP contribution in [-0.2, 0) is 42.7 Å². The summed E-state index contributed by atoms with van der Waals surface area (Å²) >= 11 is 0. The molecule has 7 aromatic carbocycles. The zero-order valence-corrected chi connectivity index (χ0v) is 44.1. The zero-order chi connectivity index (χ0) is 48.3. The van der Waals surface area contributed by atoms with E-state index < -0.39 is 0 Å². The molecular weight excluding hydrogens is 1040 g/mol. The first-order valence-corrected chi connectivity index (χ1v) is 24.0. The van der Waals surface area contributed by atoms with Crippen molar-refractivity contribution < 1.29 is 30.4 Å². The second-order valence-electron chi connectivity index (χ2n) is 21.5. The van der Waals surface area contributed by atoms with Gasteiger partial charge in [-0.05, 0) is 91.0 Å². The third kappa shape index (κ3) is 9.20. The van der Waals surface area contributed by atoms with Gasteiger partial charge >= 0.3 is 0 Å². The average Bonchev–Trinajstić information content (AvgIpc) is 3.95. The van der Waals surface area contributed by atoms with Crippen LogP contribution in [0.1, 0.15) is 103 Å². The molecule has 10 aromatic rings. The van der Waals surface area contributed by atoms with Gasteiger partial charge in [0.1, 0.15) is 5.82 Å². The number of ether oxygens (including phenoxy) is 1. The Balaban J connectivity index is 0.00000608. The number of pyridine rings is 1. The van der Waals surface area contributed by atoms with E-state index in [4.69, 9.17) is 9.72 Å². The van der Waals surface area contributed by atoms with E-state index in [-0.39, 0.29) is 42.7 Å². The normalized spacial score (nSPS) is 12.3. The van der Waals surface area contributed by atoms with Crippen molar-refractivity contribution >= 4 is 21.8 Å². The Hall–Kier alpha value is -6.81. The summed E-state index contributed by atoms with van der Waals surface area (Å²) < 4.78 is 13.5. The molecule has 0 spiro atoms. The van der Waals surface area contributed by atoms with Crippen LogP contribution in [0.2, 0.25) is 0 Å². The van der Waals surface area contributed by atoms with E-state index in [0.717, 1.165) is 55.8 Å². The minimum atomic E-state index is -0.383. The maximum absolute atomic E-state index is 7.01. The van der Waals surface area contributed by atoms with Gasteiger partial charge < -0.3 is 13.9 Å². The molecule has 0 saturated carbocycles. The number of aromatic nitrogens is 4. The van der Waals surface area contributed by atoms with Gasteiger partial charge in [0, 0.05) is 55.9 Å². The van der Waals surface area contributed by atoms with Gasteiger partial charge in [0.05, 0.1) is 11.4 Å². The number of benzene rings is 7. The van der Waals surface area contributed by atoms with Crippen LogP contribution in [0.25, 0.3) is 50.1 Å². The first-order valence-electron chi connectivity index (χ1n) is 24.0. The number of rotatable bonds is 10. The third-order valence-electron chi connectivity index (χ3n) is 13.9. The van der Waals surface area contributed by atoms with Gasteiger partial charge in [0.15, 0.2) is 0 Å². The van der Waals surface area contributed by atoms with Crippen LogP contribution in [0.3, 0.4) is 0 Å². The van der Waals surface area contributed by atoms with Gasteiger partial charge in [-0.25, -0.2) is 4.98 Å². The van der Waals surface area contributed by atoms with Gasteiger partial charge in [0.2, 0.25) is 0 Å². The van der Waals surface area contributed by atoms with E-state index in [1.54, 1.807) is 0 Å². The summed E-state index contributed by atoms with van der Waals surface area (Å²) in [4.78, 5) is 4.97. The molecule has 0 aliphatic carbocycles. The maximum Gasteiger partial charge on any atom is 0.267 e. The number of hydrogen-bond donors (Lipinski definition) is 0. The number of fused-ring (bicyclic) bond motifs is 3. The van der Waals surface area contributed by atoms with Gasteiger partial charge in [-0.3, -0.25) is 4.57 Å². The summed E-state index contributed by atoms with van der Waals surface area (Å²) in [5.41, 5.74) is 12.3. The molecule has 70 heavy (non-hydrogen) atoms. The molecule has 0 aliphatic heterocycles. The van der Waals surface area contributed by atoms with E-state index in [9.17, 15) is 0 Å². The van der Waals surface area contributed by atoms with Crippen molar-refractivity contribution in [3.8, 4) is 39.8 Å². The van der Waals surface area contributed by atoms with Crippen molar-refractivity contribution in [2.24, 2.45) is 0 Å². The Morgan fingerprint density at radius 1 is 0.500 bits per heavy atom. The van der Waals surface area contributed by atoms with Crippen molar-refractivity contribution in [3.63, 3.8) is 0 Å². The SMILES string of the molecule is CC(C)(C)c1ccnc(-n2c3[c-]c(Oc4[c-]c(-n5[c-][n+](-c6cccc(C(C)(C)c7ccccc7)c6)cc5C(C)(C)C)cc(C(C)(C)c5ccccc5)c4)ccc3c3cc(-c4ccccc4)ccc32)c1.[Pt]. The Bertz CT molecular complexity index is 3480. The molecule has 5 nitrogen and oxygen atoms in total. The van der Waals surface area contributed by atoms with Crippen LogP contribution in [0.5, 0.6) is 11.5 Å². The first kappa shape index (κ1) is 48.2. The summed E-state index contributed by atoms with van der Waals surface area (Å²) in [5, 5.41) is 2.19. The van der Waals surface area contributed by atoms with E-state index >= 15 is 0 Å². The smallest absolute Gasteiger partial charge is 0.267 e. The van der Waals surface area contributed by atoms with E-state index in [2.05, 4.69) is 271 Å². The van der Waals surface area contributed by atoms with Crippen LogP contribution in [0.4, 0.5) is 0 Å². The molecule has 0 radical (unpaired) electrons. The molecule has 0 fully saturated rings. The molecule has 0 unspecified atom stereocenters. The van der Waals surface area contributed by atoms with Crippen molar-refractivity contribution in [3.05, 3.63) is 234 Å². The molecule has 0 aliphatic rings. The topological polar surface area (TPSA) is 35.9 Å². The fourth-order valence-electron chi connectivity index (χ4n) is 9.53. The van der Waals surface area contributed by atoms with Gasteiger partial charge in [0.25, 0.3) is 6.33 Å². The van der Waals surface area contributed by atoms with Gasteiger partial charge in [-0.1, -0.05) is 190 Å². The zero-order valence-electron chi connectivity index (χ0n) is 41.8. The molecule has 0 saturated heterocycles. The second-order valence-corrected chi connectivity index (χ2v) is 21.5. The third-order valence-corrected chi connectivity index (χ3v) is 13.9. The Morgan fingerprint density at radius 3 is 1.80 bits per heavy atom. The molecule has 0 bridgehead atoms. The molecule has 10 rings (SSSR count). The fourth-order valence-corrected chi connectivity index (χ4v) is 9.53. The predicted molar refractivity (Wildman–Crippen MR) is 282 cm³/mol. The predicted octanol–water partition coefficient (Wildman–Crippen LogP) is 15.4. The van der Waals surface area contributed by atoms with E-state index in [0.29, 0.717) is 11.5 Å². The van der Waals surface area contributed by atoms with E-state index in [1.165, 1.54) is 27.8 Å². The van der Waals surface area contributed by atoms with Gasteiger partial charge in [-0.15, -0.1) is 35.2 Å². The number of hydrogen-bond acceptors (Lipinski definition) is 2. The molecule has 0 atom stereocenters. The summed E-state index contributed by atoms with van der Waals surface area (Å²) in [5.74, 6) is 2.01. The molecule has 354 valence electrons. The quantitative estimate of drug-likeness (QED) is 0.101. The summed E-state index contributed by atoms with van der Waals surface area (Å²) in [6, 6.07) is 67.8. The largest absolute Gasteiger partial charge is 0.510 e. The van der Waals surface area contributed by atoms with Crippen molar-refractivity contribution in [1.82, 2.24) is 14.1 Å². The van der Waals surface area contributed by atoms with Crippen molar-refractivity contribution in [1.29, 1.82) is 0 Å². The minimum Gasteiger partial charge on any atom is -0.510 e. The Labute approximate surface area is 428 Å². The second kappa shape index (κ2) is 18.5. The Morgan fingerprint density at radius 2 is 1.14 bits per heavy atom. The molecule has 0 amide bonds.